The second kappa shape index (κ2) is 4.32. The molecule has 0 radical (unpaired) electrons. The molecular formula is C19H26O2. The molecule has 0 aromatic carbocycles. The average molecular weight is 286 g/mol. The number of carbonyl (C=O) groups is 1. The van der Waals surface area contributed by atoms with Gasteiger partial charge in [0.15, 0.2) is 0 Å². The van der Waals surface area contributed by atoms with Gasteiger partial charge in [-0.1, -0.05) is 26.0 Å². The lowest BCUT2D eigenvalue weighted by Gasteiger charge is -2.49. The van der Waals surface area contributed by atoms with Gasteiger partial charge in [0.05, 0.1) is 6.10 Å². The van der Waals surface area contributed by atoms with Gasteiger partial charge in [-0.25, -0.2) is 0 Å². The third-order valence-electron chi connectivity index (χ3n) is 7.57. The molecule has 2 heteroatoms. The van der Waals surface area contributed by atoms with Crippen molar-refractivity contribution in [3.8, 4) is 0 Å². The lowest BCUT2D eigenvalue weighted by atomic mass is 9.55. The Morgan fingerprint density at radius 3 is 2.76 bits per heavy atom. The topological polar surface area (TPSA) is 37.3 Å². The Balaban J connectivity index is 1.84. The number of hydrogen-bond acceptors (Lipinski definition) is 2. The summed E-state index contributed by atoms with van der Waals surface area (Å²) < 4.78 is 0. The number of rotatable bonds is 1. The molecule has 0 aliphatic heterocycles. The van der Waals surface area contributed by atoms with Gasteiger partial charge in [-0.15, -0.1) is 0 Å². The van der Waals surface area contributed by atoms with Gasteiger partial charge in [0.1, 0.15) is 6.29 Å². The van der Waals surface area contributed by atoms with Crippen LogP contribution in [0.4, 0.5) is 0 Å². The number of aldehydes is 1. The monoisotopic (exact) mass is 286 g/mol. The first-order valence-electron chi connectivity index (χ1n) is 8.57. The first kappa shape index (κ1) is 13.8. The predicted octanol–water partition coefficient (Wildman–Crippen LogP) is 3.66. The van der Waals surface area contributed by atoms with Crippen LogP contribution in [-0.4, -0.2) is 17.5 Å². The van der Waals surface area contributed by atoms with E-state index >= 15 is 0 Å². The van der Waals surface area contributed by atoms with Crippen molar-refractivity contribution >= 4 is 6.29 Å². The smallest absolute Gasteiger partial charge is 0.146 e. The molecule has 2 saturated carbocycles. The van der Waals surface area contributed by atoms with Crippen LogP contribution in [-0.2, 0) is 4.79 Å². The Morgan fingerprint density at radius 2 is 2.00 bits per heavy atom. The van der Waals surface area contributed by atoms with E-state index in [0.717, 1.165) is 37.5 Å². The number of allylic oxidation sites excluding steroid dienone is 4. The summed E-state index contributed by atoms with van der Waals surface area (Å²) in [6.07, 6.45) is 12.1. The zero-order valence-corrected chi connectivity index (χ0v) is 13.1. The third kappa shape index (κ3) is 1.55. The highest BCUT2D eigenvalue weighted by molar-refractivity contribution is 5.79. The summed E-state index contributed by atoms with van der Waals surface area (Å²) in [5.74, 6) is 1.50. The Hall–Kier alpha value is -0.890. The van der Waals surface area contributed by atoms with Gasteiger partial charge in [-0.2, -0.15) is 0 Å². The molecule has 114 valence electrons. The molecule has 4 aliphatic carbocycles. The second-order valence-electron chi connectivity index (χ2n) is 8.22. The molecule has 21 heavy (non-hydrogen) atoms. The highest BCUT2D eigenvalue weighted by atomic mass is 16.3. The molecule has 0 aromatic rings. The Kier molecular flexibility index (Phi) is 2.83. The third-order valence-corrected chi connectivity index (χ3v) is 7.57. The van der Waals surface area contributed by atoms with Gasteiger partial charge in [-0.3, -0.25) is 4.79 Å². The maximum atomic E-state index is 11.9. The van der Waals surface area contributed by atoms with Crippen molar-refractivity contribution in [2.75, 3.05) is 0 Å². The van der Waals surface area contributed by atoms with E-state index < -0.39 is 0 Å². The largest absolute Gasteiger partial charge is 0.393 e. The van der Waals surface area contributed by atoms with Crippen molar-refractivity contribution in [3.05, 3.63) is 23.3 Å². The van der Waals surface area contributed by atoms with E-state index in [0.29, 0.717) is 17.8 Å². The van der Waals surface area contributed by atoms with Crippen LogP contribution in [0.5, 0.6) is 0 Å². The van der Waals surface area contributed by atoms with Crippen molar-refractivity contribution in [1.82, 2.24) is 0 Å². The Bertz CT molecular complexity index is 546. The molecule has 0 saturated heterocycles. The summed E-state index contributed by atoms with van der Waals surface area (Å²) in [6, 6.07) is 0. The first-order chi connectivity index (χ1) is 10.0. The van der Waals surface area contributed by atoms with Crippen molar-refractivity contribution < 1.29 is 9.90 Å². The lowest BCUT2D eigenvalue weighted by molar-refractivity contribution is -0.106. The zero-order valence-electron chi connectivity index (χ0n) is 13.1. The maximum absolute atomic E-state index is 11.9. The minimum absolute atomic E-state index is 0.0313. The van der Waals surface area contributed by atoms with Gasteiger partial charge >= 0.3 is 0 Å². The number of carbonyl (C=O) groups excluding carboxylic acids is 1. The van der Waals surface area contributed by atoms with Crippen LogP contribution < -0.4 is 0 Å². The molecule has 0 aromatic heterocycles. The summed E-state index contributed by atoms with van der Waals surface area (Å²) in [7, 11) is 0. The molecule has 4 aliphatic rings. The van der Waals surface area contributed by atoms with E-state index in [1.807, 2.05) is 0 Å². The van der Waals surface area contributed by atoms with Crippen LogP contribution in [0.15, 0.2) is 23.3 Å². The molecular weight excluding hydrogens is 260 g/mol. The van der Waals surface area contributed by atoms with Gasteiger partial charge in [-0.05, 0) is 78.3 Å². The SMILES string of the molecule is C[C@@]12CC[C@H]3[C@H](C(C=O)=C4C=CCC[C@@]43C)[C@@H]1CC[C@@H]2O. The molecule has 0 unspecified atom stereocenters. The fraction of sp³-hybridized carbons (Fsp3) is 0.737. The fourth-order valence-electron chi connectivity index (χ4n) is 6.30. The van der Waals surface area contributed by atoms with Gasteiger partial charge in [0.25, 0.3) is 0 Å². The first-order valence-corrected chi connectivity index (χ1v) is 8.57. The van der Waals surface area contributed by atoms with Gasteiger partial charge in [0.2, 0.25) is 0 Å². The van der Waals surface area contributed by atoms with E-state index in [2.05, 4.69) is 26.0 Å². The van der Waals surface area contributed by atoms with Gasteiger partial charge < -0.3 is 5.11 Å². The van der Waals surface area contributed by atoms with E-state index in [-0.39, 0.29) is 16.9 Å². The van der Waals surface area contributed by atoms with Crippen LogP contribution in [0, 0.1) is 28.6 Å². The molecule has 2 nitrogen and oxygen atoms in total. The summed E-state index contributed by atoms with van der Waals surface area (Å²) >= 11 is 0. The summed E-state index contributed by atoms with van der Waals surface area (Å²) in [6.45, 7) is 4.65. The fourth-order valence-corrected chi connectivity index (χ4v) is 6.30. The minimum Gasteiger partial charge on any atom is -0.393 e. The predicted molar refractivity (Wildman–Crippen MR) is 82.6 cm³/mol. The zero-order chi connectivity index (χ0) is 14.8. The number of fused-ring (bicyclic) bond motifs is 5. The molecule has 4 rings (SSSR count). The summed E-state index contributed by atoms with van der Waals surface area (Å²) in [5.41, 5.74) is 2.63. The summed E-state index contributed by atoms with van der Waals surface area (Å²) in [4.78, 5) is 11.9. The van der Waals surface area contributed by atoms with Crippen LogP contribution in [0.1, 0.15) is 52.4 Å². The number of aliphatic hydroxyl groups is 1. The molecule has 1 N–H and O–H groups in total. The molecule has 0 bridgehead atoms. The van der Waals surface area contributed by atoms with Crippen LogP contribution in [0.2, 0.25) is 0 Å². The lowest BCUT2D eigenvalue weighted by Crippen LogP contribution is -2.45. The standard InChI is InChI=1S/C19H26O2/c1-18-9-4-3-5-13(18)12(11-20)17-14-6-7-16(21)19(14,2)10-8-15(17)18/h3,5,11,14-17,21H,4,6-10H2,1-2H3/t14-,15-,16-,17+,18-,19+/m0/s1. The highest BCUT2D eigenvalue weighted by Gasteiger charge is 2.61. The summed E-state index contributed by atoms with van der Waals surface area (Å²) in [5, 5.41) is 10.5. The van der Waals surface area contributed by atoms with E-state index in [4.69, 9.17) is 0 Å². The Morgan fingerprint density at radius 1 is 1.19 bits per heavy atom. The van der Waals surface area contributed by atoms with E-state index in [1.54, 1.807) is 0 Å². The minimum atomic E-state index is -0.174. The van der Waals surface area contributed by atoms with Crippen molar-refractivity contribution in [1.29, 1.82) is 0 Å². The van der Waals surface area contributed by atoms with Gasteiger partial charge in [0, 0.05) is 0 Å². The van der Waals surface area contributed by atoms with Crippen molar-refractivity contribution in [2.45, 2.75) is 58.5 Å². The molecule has 2 fully saturated rings. The van der Waals surface area contributed by atoms with Crippen LogP contribution >= 0.6 is 0 Å². The number of hydrogen-bond donors (Lipinski definition) is 1. The maximum Gasteiger partial charge on any atom is 0.146 e. The number of aliphatic hydroxyl groups excluding tert-OH is 1. The van der Waals surface area contributed by atoms with E-state index in [9.17, 15) is 9.90 Å². The molecule has 0 heterocycles. The Labute approximate surface area is 127 Å². The quantitative estimate of drug-likeness (QED) is 0.747. The van der Waals surface area contributed by atoms with E-state index in [1.165, 1.54) is 18.4 Å². The molecule has 6 atom stereocenters. The van der Waals surface area contributed by atoms with Crippen LogP contribution in [0.25, 0.3) is 0 Å². The van der Waals surface area contributed by atoms with Crippen molar-refractivity contribution in [3.63, 3.8) is 0 Å². The van der Waals surface area contributed by atoms with Crippen LogP contribution in [0.3, 0.4) is 0 Å². The molecule has 0 spiro atoms. The molecule has 0 amide bonds. The van der Waals surface area contributed by atoms with Crippen molar-refractivity contribution in [2.24, 2.45) is 28.6 Å². The highest BCUT2D eigenvalue weighted by Crippen LogP contribution is 2.67. The second-order valence-corrected chi connectivity index (χ2v) is 8.22. The average Bonchev–Trinajstić information content (AvgIpc) is 2.91. The normalized spacial score (nSPS) is 51.6.